The Kier molecular flexibility index (Phi) is 4.41. The van der Waals surface area contributed by atoms with Crippen LogP contribution in [0.2, 0.25) is 0 Å². The van der Waals surface area contributed by atoms with Gasteiger partial charge in [0.2, 0.25) is 0 Å². The van der Waals surface area contributed by atoms with Gasteiger partial charge in [0.25, 0.3) is 0 Å². The third kappa shape index (κ3) is 3.33. The average Bonchev–Trinajstić information content (AvgIpc) is 2.35. The van der Waals surface area contributed by atoms with Gasteiger partial charge in [-0.2, -0.15) is 0 Å². The molecular formula is C16H25NO. The SMILES string of the molecule is Cc1cccc(CNCC2(O)CCCCC2)c1C. The van der Waals surface area contributed by atoms with E-state index in [1.54, 1.807) is 0 Å². The van der Waals surface area contributed by atoms with Crippen molar-refractivity contribution in [3.05, 3.63) is 34.9 Å². The van der Waals surface area contributed by atoms with E-state index in [-0.39, 0.29) is 0 Å². The van der Waals surface area contributed by atoms with Crippen LogP contribution in [0.15, 0.2) is 18.2 Å². The predicted octanol–water partition coefficient (Wildman–Crippen LogP) is 3.09. The van der Waals surface area contributed by atoms with Crippen LogP contribution in [0.5, 0.6) is 0 Å². The van der Waals surface area contributed by atoms with Crippen LogP contribution < -0.4 is 5.32 Å². The second-order valence-corrected chi connectivity index (χ2v) is 5.75. The number of hydrogen-bond acceptors (Lipinski definition) is 2. The van der Waals surface area contributed by atoms with Gasteiger partial charge in [-0.05, 0) is 43.4 Å². The number of nitrogens with one attached hydrogen (secondary N) is 1. The first-order valence-electron chi connectivity index (χ1n) is 7.09. The van der Waals surface area contributed by atoms with Crippen LogP contribution >= 0.6 is 0 Å². The van der Waals surface area contributed by atoms with E-state index in [0.717, 1.165) is 25.9 Å². The van der Waals surface area contributed by atoms with Crippen molar-refractivity contribution in [2.24, 2.45) is 0 Å². The highest BCUT2D eigenvalue weighted by atomic mass is 16.3. The molecule has 2 nitrogen and oxygen atoms in total. The fourth-order valence-electron chi connectivity index (χ4n) is 2.82. The third-order valence-electron chi connectivity index (χ3n) is 4.27. The van der Waals surface area contributed by atoms with Crippen LogP contribution in [0, 0.1) is 13.8 Å². The molecule has 0 heterocycles. The Hall–Kier alpha value is -0.860. The van der Waals surface area contributed by atoms with Crippen LogP contribution in [0.1, 0.15) is 48.8 Å². The Morgan fingerprint density at radius 1 is 1.17 bits per heavy atom. The highest BCUT2D eigenvalue weighted by Crippen LogP contribution is 2.27. The number of rotatable bonds is 4. The topological polar surface area (TPSA) is 32.3 Å². The molecule has 0 amide bonds. The Labute approximate surface area is 110 Å². The zero-order valence-corrected chi connectivity index (χ0v) is 11.6. The largest absolute Gasteiger partial charge is 0.389 e. The van der Waals surface area contributed by atoms with Gasteiger partial charge in [0.05, 0.1) is 5.60 Å². The smallest absolute Gasteiger partial charge is 0.0771 e. The lowest BCUT2D eigenvalue weighted by Gasteiger charge is -2.32. The first kappa shape index (κ1) is 13.6. The quantitative estimate of drug-likeness (QED) is 0.857. The highest BCUT2D eigenvalue weighted by molar-refractivity contribution is 5.32. The second kappa shape index (κ2) is 5.85. The van der Waals surface area contributed by atoms with Gasteiger partial charge in [-0.3, -0.25) is 0 Å². The Balaban J connectivity index is 1.86. The number of aliphatic hydroxyl groups is 1. The minimum absolute atomic E-state index is 0.462. The third-order valence-corrected chi connectivity index (χ3v) is 4.27. The van der Waals surface area contributed by atoms with E-state index < -0.39 is 5.60 Å². The van der Waals surface area contributed by atoms with E-state index in [0.29, 0.717) is 0 Å². The van der Waals surface area contributed by atoms with Crippen LogP contribution in [-0.4, -0.2) is 17.3 Å². The first-order valence-corrected chi connectivity index (χ1v) is 7.09. The molecule has 0 aliphatic heterocycles. The van der Waals surface area contributed by atoms with Crippen molar-refractivity contribution in [1.29, 1.82) is 0 Å². The van der Waals surface area contributed by atoms with E-state index in [1.807, 2.05) is 0 Å². The molecule has 0 bridgehead atoms. The minimum Gasteiger partial charge on any atom is -0.389 e. The molecule has 1 fully saturated rings. The monoisotopic (exact) mass is 247 g/mol. The van der Waals surface area contributed by atoms with Gasteiger partial charge in [-0.1, -0.05) is 37.5 Å². The first-order chi connectivity index (χ1) is 8.61. The molecule has 0 spiro atoms. The van der Waals surface area contributed by atoms with E-state index in [4.69, 9.17) is 0 Å². The van der Waals surface area contributed by atoms with Gasteiger partial charge in [0, 0.05) is 13.1 Å². The summed E-state index contributed by atoms with van der Waals surface area (Å²) >= 11 is 0. The molecule has 100 valence electrons. The Morgan fingerprint density at radius 2 is 1.89 bits per heavy atom. The van der Waals surface area contributed by atoms with Crippen molar-refractivity contribution < 1.29 is 5.11 Å². The molecule has 1 aromatic rings. The van der Waals surface area contributed by atoms with Crippen LogP contribution in [0.4, 0.5) is 0 Å². The summed E-state index contributed by atoms with van der Waals surface area (Å²) in [5, 5.41) is 13.8. The molecule has 2 N–H and O–H groups in total. The van der Waals surface area contributed by atoms with E-state index in [2.05, 4.69) is 37.4 Å². The summed E-state index contributed by atoms with van der Waals surface area (Å²) in [6.07, 6.45) is 5.52. The van der Waals surface area contributed by atoms with Crippen LogP contribution in [-0.2, 0) is 6.54 Å². The maximum absolute atomic E-state index is 10.4. The summed E-state index contributed by atoms with van der Waals surface area (Å²) in [5.41, 5.74) is 3.58. The van der Waals surface area contributed by atoms with E-state index in [1.165, 1.54) is 36.0 Å². The number of benzene rings is 1. The maximum Gasteiger partial charge on any atom is 0.0771 e. The second-order valence-electron chi connectivity index (χ2n) is 5.75. The lowest BCUT2D eigenvalue weighted by atomic mass is 9.85. The summed E-state index contributed by atoms with van der Waals surface area (Å²) in [5.74, 6) is 0. The van der Waals surface area contributed by atoms with E-state index >= 15 is 0 Å². The maximum atomic E-state index is 10.4. The van der Waals surface area contributed by atoms with Crippen molar-refractivity contribution in [2.75, 3.05) is 6.54 Å². The Morgan fingerprint density at radius 3 is 2.61 bits per heavy atom. The predicted molar refractivity (Wildman–Crippen MR) is 75.7 cm³/mol. The summed E-state index contributed by atoms with van der Waals surface area (Å²) < 4.78 is 0. The van der Waals surface area contributed by atoms with Gasteiger partial charge in [0.1, 0.15) is 0 Å². The molecule has 2 heteroatoms. The fraction of sp³-hybridized carbons (Fsp3) is 0.625. The van der Waals surface area contributed by atoms with Gasteiger partial charge < -0.3 is 10.4 Å². The average molecular weight is 247 g/mol. The summed E-state index contributed by atoms with van der Waals surface area (Å²) in [7, 11) is 0. The van der Waals surface area contributed by atoms with Crippen molar-refractivity contribution in [3.63, 3.8) is 0 Å². The molecule has 18 heavy (non-hydrogen) atoms. The molecule has 0 aromatic heterocycles. The van der Waals surface area contributed by atoms with Crippen molar-refractivity contribution in [2.45, 2.75) is 58.1 Å². The standard InChI is InChI=1S/C16H25NO/c1-13-7-6-8-15(14(13)2)11-17-12-16(18)9-4-3-5-10-16/h6-8,17-18H,3-5,9-12H2,1-2H3. The lowest BCUT2D eigenvalue weighted by Crippen LogP contribution is -2.41. The van der Waals surface area contributed by atoms with Crippen molar-refractivity contribution in [3.8, 4) is 0 Å². The summed E-state index contributed by atoms with van der Waals surface area (Å²) in [6, 6.07) is 6.42. The van der Waals surface area contributed by atoms with E-state index in [9.17, 15) is 5.11 Å². The van der Waals surface area contributed by atoms with Crippen molar-refractivity contribution >= 4 is 0 Å². The molecule has 0 saturated heterocycles. The molecule has 1 aliphatic carbocycles. The van der Waals surface area contributed by atoms with Gasteiger partial charge in [0.15, 0.2) is 0 Å². The van der Waals surface area contributed by atoms with Gasteiger partial charge >= 0.3 is 0 Å². The lowest BCUT2D eigenvalue weighted by molar-refractivity contribution is 0.00466. The number of hydrogen-bond donors (Lipinski definition) is 2. The van der Waals surface area contributed by atoms with Crippen LogP contribution in [0.25, 0.3) is 0 Å². The summed E-state index contributed by atoms with van der Waals surface area (Å²) in [4.78, 5) is 0. The number of aryl methyl sites for hydroxylation is 1. The molecule has 0 unspecified atom stereocenters. The summed E-state index contributed by atoms with van der Waals surface area (Å²) in [6.45, 7) is 5.89. The molecule has 1 aliphatic rings. The minimum atomic E-state index is -0.462. The molecular weight excluding hydrogens is 222 g/mol. The van der Waals surface area contributed by atoms with Gasteiger partial charge in [-0.15, -0.1) is 0 Å². The molecule has 1 aromatic carbocycles. The zero-order valence-electron chi connectivity index (χ0n) is 11.6. The normalized spacial score (nSPS) is 18.8. The highest BCUT2D eigenvalue weighted by Gasteiger charge is 2.28. The van der Waals surface area contributed by atoms with Gasteiger partial charge in [-0.25, -0.2) is 0 Å². The molecule has 0 radical (unpaired) electrons. The molecule has 0 atom stereocenters. The fourth-order valence-corrected chi connectivity index (χ4v) is 2.82. The Bertz CT molecular complexity index is 394. The molecule has 2 rings (SSSR count). The van der Waals surface area contributed by atoms with Crippen molar-refractivity contribution in [1.82, 2.24) is 5.32 Å². The zero-order chi connectivity index (χ0) is 13.0. The molecule has 1 saturated carbocycles. The van der Waals surface area contributed by atoms with Crippen LogP contribution in [0.3, 0.4) is 0 Å².